The van der Waals surface area contributed by atoms with E-state index < -0.39 is 20.1 Å². The van der Waals surface area contributed by atoms with Gasteiger partial charge in [0.25, 0.3) is 0 Å². The number of carboxylic acids is 1. The van der Waals surface area contributed by atoms with Crippen LogP contribution in [0.25, 0.3) is 0 Å². The SMILES string of the molecule is O=C(O)CCCCCCCCCCCC[Se](=O)O. The van der Waals surface area contributed by atoms with Gasteiger partial charge in [0.1, 0.15) is 0 Å². The molecule has 5 heteroatoms. The molecule has 0 saturated carbocycles. The zero-order valence-electron chi connectivity index (χ0n) is 11.1. The number of carbonyl (C=O) groups is 1. The molecule has 0 aliphatic heterocycles. The summed E-state index contributed by atoms with van der Waals surface area (Å²) in [6.07, 6.45) is 11.3. The molecular weight excluding hydrogens is 299 g/mol. The van der Waals surface area contributed by atoms with E-state index in [2.05, 4.69) is 0 Å². The van der Waals surface area contributed by atoms with Gasteiger partial charge >= 0.3 is 104 Å². The average Bonchev–Trinajstić information content (AvgIpc) is 2.29. The summed E-state index contributed by atoms with van der Waals surface area (Å²) in [7, 11) is 0. The summed E-state index contributed by atoms with van der Waals surface area (Å²) in [6.45, 7) is 0. The van der Waals surface area contributed by atoms with E-state index in [-0.39, 0.29) is 0 Å². The molecule has 1 unspecified atom stereocenters. The van der Waals surface area contributed by atoms with Gasteiger partial charge in [-0.2, -0.15) is 0 Å². The number of hydrogen-bond acceptors (Lipinski definition) is 2. The Hall–Kier alpha value is -0.251. The molecule has 0 spiro atoms. The number of rotatable bonds is 13. The molecule has 0 aliphatic carbocycles. The van der Waals surface area contributed by atoms with E-state index >= 15 is 0 Å². The van der Waals surface area contributed by atoms with Crippen LogP contribution in [0, 0.1) is 0 Å². The van der Waals surface area contributed by atoms with Crippen molar-refractivity contribution in [3.63, 3.8) is 0 Å². The molecule has 0 fully saturated rings. The zero-order chi connectivity index (χ0) is 13.6. The van der Waals surface area contributed by atoms with Crippen molar-refractivity contribution in [2.45, 2.75) is 75.9 Å². The summed E-state index contributed by atoms with van der Waals surface area (Å²) in [6, 6.07) is 0. The Morgan fingerprint density at radius 1 is 0.778 bits per heavy atom. The minimum atomic E-state index is -2.44. The monoisotopic (exact) mass is 326 g/mol. The molecule has 0 saturated heterocycles. The summed E-state index contributed by atoms with van der Waals surface area (Å²) in [5.41, 5.74) is 0. The molecule has 0 radical (unpaired) electrons. The fraction of sp³-hybridized carbons (Fsp3) is 0.923. The van der Waals surface area contributed by atoms with E-state index in [4.69, 9.17) is 9.30 Å². The van der Waals surface area contributed by atoms with Crippen LogP contribution in [0.4, 0.5) is 0 Å². The van der Waals surface area contributed by atoms with Gasteiger partial charge in [-0.1, -0.05) is 0 Å². The first kappa shape index (κ1) is 17.7. The number of aliphatic carboxylic acids is 1. The van der Waals surface area contributed by atoms with Crippen molar-refractivity contribution in [3.8, 4) is 0 Å². The van der Waals surface area contributed by atoms with E-state index in [1.54, 1.807) is 0 Å². The predicted molar refractivity (Wildman–Crippen MR) is 71.9 cm³/mol. The molecule has 0 aromatic carbocycles. The van der Waals surface area contributed by atoms with Crippen LogP contribution in [0.5, 0.6) is 0 Å². The Balaban J connectivity index is 2.99. The summed E-state index contributed by atoms with van der Waals surface area (Å²) >= 11 is -2.44. The number of unbranched alkanes of at least 4 members (excludes halogenated alkanes) is 9. The average molecular weight is 325 g/mol. The third-order valence-electron chi connectivity index (χ3n) is 2.96. The molecule has 108 valence electrons. The first-order chi connectivity index (χ1) is 8.63. The summed E-state index contributed by atoms with van der Waals surface area (Å²) < 4.78 is 19.1. The van der Waals surface area contributed by atoms with Crippen molar-refractivity contribution in [1.29, 1.82) is 0 Å². The molecule has 0 aromatic rings. The fourth-order valence-corrected chi connectivity index (χ4v) is 2.86. The Morgan fingerprint density at radius 3 is 1.56 bits per heavy atom. The summed E-state index contributed by atoms with van der Waals surface area (Å²) in [4.78, 5) is 10.3. The molecule has 0 bridgehead atoms. The molecular formula is C13H26O4Se. The maximum absolute atomic E-state index is 10.5. The van der Waals surface area contributed by atoms with E-state index in [1.165, 1.54) is 25.7 Å². The molecule has 0 heterocycles. The standard InChI is InChI=1S/C13H26O4Se/c14-13(15)11-9-7-5-3-1-2-4-6-8-10-12-18(16)17/h1-12H2,(H,14,15)(H,16,17). The second kappa shape index (κ2) is 13.2. The van der Waals surface area contributed by atoms with Crippen molar-refractivity contribution < 1.29 is 17.9 Å². The quantitative estimate of drug-likeness (QED) is 0.402. The van der Waals surface area contributed by atoms with E-state index in [9.17, 15) is 8.63 Å². The van der Waals surface area contributed by atoms with Crippen LogP contribution in [0.1, 0.15) is 70.6 Å². The van der Waals surface area contributed by atoms with Gasteiger partial charge in [-0.3, -0.25) is 4.79 Å². The van der Waals surface area contributed by atoms with Crippen molar-refractivity contribution in [2.75, 3.05) is 0 Å². The Morgan fingerprint density at radius 2 is 1.17 bits per heavy atom. The Kier molecular flexibility index (Phi) is 13.0. The first-order valence-electron chi connectivity index (χ1n) is 6.92. The van der Waals surface area contributed by atoms with Crippen LogP contribution in [0.2, 0.25) is 5.32 Å². The second-order valence-corrected chi connectivity index (χ2v) is 6.91. The van der Waals surface area contributed by atoms with Crippen LogP contribution in [-0.2, 0) is 8.63 Å². The maximum atomic E-state index is 10.5. The van der Waals surface area contributed by atoms with Crippen LogP contribution in [0.15, 0.2) is 0 Å². The van der Waals surface area contributed by atoms with Gasteiger partial charge in [0.15, 0.2) is 0 Å². The minimum absolute atomic E-state index is 0.300. The van der Waals surface area contributed by atoms with E-state index in [0.29, 0.717) is 11.7 Å². The van der Waals surface area contributed by atoms with Crippen molar-refractivity contribution in [3.05, 3.63) is 0 Å². The zero-order valence-corrected chi connectivity index (χ0v) is 12.8. The third-order valence-corrected chi connectivity index (χ3v) is 4.30. The molecule has 0 amide bonds. The normalized spacial score (nSPS) is 12.5. The number of hydrogen-bond donors (Lipinski definition) is 2. The first-order valence-corrected chi connectivity index (χ1v) is 9.60. The summed E-state index contributed by atoms with van der Waals surface area (Å²) in [5.74, 6) is -0.694. The molecule has 0 aliphatic rings. The molecule has 1 atom stereocenters. The van der Waals surface area contributed by atoms with Crippen LogP contribution >= 0.6 is 0 Å². The number of carboxylic acid groups (broad SMARTS) is 1. The van der Waals surface area contributed by atoms with Crippen molar-refractivity contribution >= 4 is 20.1 Å². The third kappa shape index (κ3) is 15.7. The van der Waals surface area contributed by atoms with Gasteiger partial charge in [0.2, 0.25) is 0 Å². The Labute approximate surface area is 114 Å². The Bertz CT molecular complexity index is 207. The van der Waals surface area contributed by atoms with Gasteiger partial charge in [0, 0.05) is 0 Å². The molecule has 18 heavy (non-hydrogen) atoms. The molecule has 0 rings (SSSR count). The van der Waals surface area contributed by atoms with Gasteiger partial charge in [-0.15, -0.1) is 0 Å². The summed E-state index contributed by atoms with van der Waals surface area (Å²) in [5, 5.41) is 8.96. The topological polar surface area (TPSA) is 74.6 Å². The van der Waals surface area contributed by atoms with E-state index in [0.717, 1.165) is 38.5 Å². The molecule has 4 nitrogen and oxygen atoms in total. The predicted octanol–water partition coefficient (Wildman–Crippen LogP) is 3.27. The van der Waals surface area contributed by atoms with Crippen LogP contribution < -0.4 is 0 Å². The van der Waals surface area contributed by atoms with Gasteiger partial charge < -0.3 is 5.11 Å². The van der Waals surface area contributed by atoms with Gasteiger partial charge in [-0.05, 0) is 0 Å². The van der Waals surface area contributed by atoms with E-state index in [1.807, 2.05) is 0 Å². The van der Waals surface area contributed by atoms with Gasteiger partial charge in [0.05, 0.1) is 0 Å². The molecule has 0 aromatic heterocycles. The molecule has 2 N–H and O–H groups in total. The van der Waals surface area contributed by atoms with Crippen molar-refractivity contribution in [2.24, 2.45) is 0 Å². The second-order valence-electron chi connectivity index (χ2n) is 4.70. The van der Waals surface area contributed by atoms with Crippen molar-refractivity contribution in [1.82, 2.24) is 0 Å². The van der Waals surface area contributed by atoms with Crippen LogP contribution in [0.3, 0.4) is 0 Å². The van der Waals surface area contributed by atoms with Gasteiger partial charge in [-0.25, -0.2) is 0 Å². The van der Waals surface area contributed by atoms with Crippen LogP contribution in [-0.4, -0.2) is 29.4 Å². The fourth-order valence-electron chi connectivity index (χ4n) is 1.92.